The Bertz CT molecular complexity index is 448. The van der Waals surface area contributed by atoms with Crippen LogP contribution < -0.4 is 15.5 Å². The van der Waals surface area contributed by atoms with E-state index in [1.807, 2.05) is 26.4 Å². The SMILES string of the molecule is CCOCCCNC(=O)N[C@H]1CCN(c2cnn(C)c2)C1. The second-order valence-corrected chi connectivity index (χ2v) is 5.25. The molecule has 1 aromatic heterocycles. The maximum atomic E-state index is 11.8. The van der Waals surface area contributed by atoms with Crippen molar-refractivity contribution in [1.29, 1.82) is 0 Å². The summed E-state index contributed by atoms with van der Waals surface area (Å²) in [7, 11) is 1.91. The van der Waals surface area contributed by atoms with Crippen LogP contribution in [0.2, 0.25) is 0 Å². The van der Waals surface area contributed by atoms with Crippen LogP contribution in [0, 0.1) is 0 Å². The highest BCUT2D eigenvalue weighted by molar-refractivity contribution is 5.74. The van der Waals surface area contributed by atoms with Crippen LogP contribution in [-0.4, -0.2) is 54.7 Å². The van der Waals surface area contributed by atoms with E-state index in [0.717, 1.165) is 38.2 Å². The Morgan fingerprint density at radius 3 is 3.14 bits per heavy atom. The van der Waals surface area contributed by atoms with Gasteiger partial charge in [-0.25, -0.2) is 4.79 Å². The maximum absolute atomic E-state index is 11.8. The molecule has 0 bridgehead atoms. The predicted octanol–water partition coefficient (Wildman–Crippen LogP) is 0.725. The fraction of sp³-hybridized carbons (Fsp3) is 0.714. The van der Waals surface area contributed by atoms with E-state index < -0.39 is 0 Å². The molecule has 2 rings (SSSR count). The molecule has 0 saturated carbocycles. The van der Waals surface area contributed by atoms with Gasteiger partial charge in [0.05, 0.1) is 11.9 Å². The van der Waals surface area contributed by atoms with Crippen molar-refractivity contribution in [3.8, 4) is 0 Å². The Kier molecular flexibility index (Phi) is 5.86. The Hall–Kier alpha value is -1.76. The second kappa shape index (κ2) is 7.87. The van der Waals surface area contributed by atoms with E-state index in [4.69, 9.17) is 4.74 Å². The summed E-state index contributed by atoms with van der Waals surface area (Å²) >= 11 is 0. The molecule has 7 nitrogen and oxygen atoms in total. The smallest absolute Gasteiger partial charge is 0.315 e. The van der Waals surface area contributed by atoms with Gasteiger partial charge < -0.3 is 20.3 Å². The fourth-order valence-corrected chi connectivity index (χ4v) is 2.44. The average molecular weight is 295 g/mol. The minimum atomic E-state index is -0.0930. The Labute approximate surface area is 125 Å². The lowest BCUT2D eigenvalue weighted by molar-refractivity contribution is 0.145. The number of rotatable bonds is 7. The topological polar surface area (TPSA) is 71.4 Å². The summed E-state index contributed by atoms with van der Waals surface area (Å²) < 4.78 is 7.02. The van der Waals surface area contributed by atoms with Crippen molar-refractivity contribution in [3.63, 3.8) is 0 Å². The van der Waals surface area contributed by atoms with E-state index in [1.165, 1.54) is 0 Å². The van der Waals surface area contributed by atoms with E-state index in [9.17, 15) is 4.79 Å². The quantitative estimate of drug-likeness (QED) is 0.727. The van der Waals surface area contributed by atoms with Gasteiger partial charge in [0.25, 0.3) is 0 Å². The number of carbonyl (C=O) groups excluding carboxylic acids is 1. The van der Waals surface area contributed by atoms with Crippen LogP contribution in [0.3, 0.4) is 0 Å². The second-order valence-electron chi connectivity index (χ2n) is 5.25. The van der Waals surface area contributed by atoms with Crippen molar-refractivity contribution in [2.45, 2.75) is 25.8 Å². The molecule has 0 radical (unpaired) electrons. The monoisotopic (exact) mass is 295 g/mol. The lowest BCUT2D eigenvalue weighted by Gasteiger charge is -2.17. The number of aromatic nitrogens is 2. The first-order chi connectivity index (χ1) is 10.2. The number of nitrogens with zero attached hydrogens (tertiary/aromatic N) is 3. The number of ether oxygens (including phenoxy) is 1. The summed E-state index contributed by atoms with van der Waals surface area (Å²) in [6, 6.07) is 0.0987. The van der Waals surface area contributed by atoms with E-state index >= 15 is 0 Å². The summed E-state index contributed by atoms with van der Waals surface area (Å²) in [5, 5.41) is 10.1. The lowest BCUT2D eigenvalue weighted by atomic mass is 10.3. The zero-order valence-electron chi connectivity index (χ0n) is 12.8. The van der Waals surface area contributed by atoms with Gasteiger partial charge in [0.2, 0.25) is 0 Å². The molecule has 2 heterocycles. The van der Waals surface area contributed by atoms with E-state index in [-0.39, 0.29) is 12.1 Å². The van der Waals surface area contributed by atoms with Crippen LogP contribution in [0.25, 0.3) is 0 Å². The van der Waals surface area contributed by atoms with Gasteiger partial charge in [0.15, 0.2) is 0 Å². The summed E-state index contributed by atoms with van der Waals surface area (Å²) in [5.74, 6) is 0. The molecule has 2 N–H and O–H groups in total. The number of nitrogens with one attached hydrogen (secondary N) is 2. The fourth-order valence-electron chi connectivity index (χ4n) is 2.44. The number of carbonyl (C=O) groups is 1. The maximum Gasteiger partial charge on any atom is 0.315 e. The van der Waals surface area contributed by atoms with Crippen LogP contribution in [-0.2, 0) is 11.8 Å². The van der Waals surface area contributed by atoms with Gasteiger partial charge in [-0.2, -0.15) is 5.10 Å². The van der Waals surface area contributed by atoms with Crippen molar-refractivity contribution < 1.29 is 9.53 Å². The van der Waals surface area contributed by atoms with Gasteiger partial charge >= 0.3 is 6.03 Å². The first kappa shape index (κ1) is 15.6. The van der Waals surface area contributed by atoms with E-state index in [1.54, 1.807) is 4.68 Å². The molecule has 0 aliphatic carbocycles. The number of aryl methyl sites for hydroxylation is 1. The van der Waals surface area contributed by atoms with Gasteiger partial charge in [-0.15, -0.1) is 0 Å². The van der Waals surface area contributed by atoms with Crippen molar-refractivity contribution in [3.05, 3.63) is 12.4 Å². The summed E-state index contributed by atoms with van der Waals surface area (Å²) in [4.78, 5) is 14.0. The zero-order chi connectivity index (χ0) is 15.1. The highest BCUT2D eigenvalue weighted by atomic mass is 16.5. The first-order valence-electron chi connectivity index (χ1n) is 7.54. The minimum Gasteiger partial charge on any atom is -0.382 e. The van der Waals surface area contributed by atoms with Crippen molar-refractivity contribution in [1.82, 2.24) is 20.4 Å². The molecule has 1 aliphatic heterocycles. The minimum absolute atomic E-state index is 0.0930. The largest absolute Gasteiger partial charge is 0.382 e. The Morgan fingerprint density at radius 2 is 2.43 bits per heavy atom. The molecule has 1 aliphatic rings. The van der Waals surface area contributed by atoms with Gasteiger partial charge in [-0.3, -0.25) is 4.68 Å². The first-order valence-corrected chi connectivity index (χ1v) is 7.54. The molecule has 0 spiro atoms. The van der Waals surface area contributed by atoms with Crippen molar-refractivity contribution in [2.75, 3.05) is 37.7 Å². The number of hydrogen-bond donors (Lipinski definition) is 2. The number of hydrogen-bond acceptors (Lipinski definition) is 4. The number of urea groups is 1. The predicted molar refractivity (Wildman–Crippen MR) is 81.5 cm³/mol. The molecule has 1 aromatic rings. The highest BCUT2D eigenvalue weighted by Gasteiger charge is 2.24. The average Bonchev–Trinajstić information content (AvgIpc) is 3.07. The molecule has 2 amide bonds. The molecule has 7 heteroatoms. The van der Waals surface area contributed by atoms with Gasteiger partial charge in [0, 0.05) is 52.1 Å². The van der Waals surface area contributed by atoms with Gasteiger partial charge in [-0.1, -0.05) is 0 Å². The van der Waals surface area contributed by atoms with Crippen LogP contribution in [0.4, 0.5) is 10.5 Å². The number of amides is 2. The molecule has 1 saturated heterocycles. The molecule has 0 aromatic carbocycles. The molecular formula is C14H25N5O2. The summed E-state index contributed by atoms with van der Waals surface area (Å²) in [5.41, 5.74) is 1.11. The highest BCUT2D eigenvalue weighted by Crippen LogP contribution is 2.18. The molecular weight excluding hydrogens is 270 g/mol. The van der Waals surface area contributed by atoms with Crippen LogP contribution in [0.1, 0.15) is 19.8 Å². The third kappa shape index (κ3) is 4.93. The third-order valence-corrected chi connectivity index (χ3v) is 3.53. The zero-order valence-corrected chi connectivity index (χ0v) is 12.8. The van der Waals surface area contributed by atoms with E-state index in [2.05, 4.69) is 20.6 Å². The molecule has 1 atom stereocenters. The Balaban J connectivity index is 1.64. The van der Waals surface area contributed by atoms with Crippen LogP contribution in [0.5, 0.6) is 0 Å². The van der Waals surface area contributed by atoms with Crippen LogP contribution >= 0.6 is 0 Å². The summed E-state index contributed by atoms with van der Waals surface area (Å²) in [6.07, 6.45) is 5.65. The summed E-state index contributed by atoms with van der Waals surface area (Å²) in [6.45, 7) is 5.80. The van der Waals surface area contributed by atoms with Gasteiger partial charge in [-0.05, 0) is 19.8 Å². The molecule has 1 fully saturated rings. The lowest BCUT2D eigenvalue weighted by Crippen LogP contribution is -2.43. The van der Waals surface area contributed by atoms with Crippen molar-refractivity contribution >= 4 is 11.7 Å². The van der Waals surface area contributed by atoms with Gasteiger partial charge in [0.1, 0.15) is 0 Å². The molecule has 118 valence electrons. The van der Waals surface area contributed by atoms with Crippen LogP contribution in [0.15, 0.2) is 12.4 Å². The number of anilines is 1. The van der Waals surface area contributed by atoms with E-state index in [0.29, 0.717) is 13.2 Å². The van der Waals surface area contributed by atoms with Crippen molar-refractivity contribution in [2.24, 2.45) is 7.05 Å². The standard InChI is InChI=1S/C14H25N5O2/c1-3-21-8-4-6-15-14(20)17-12-5-7-19(10-12)13-9-16-18(2)11-13/h9,11-12H,3-8,10H2,1-2H3,(H2,15,17,20)/t12-/m0/s1. The third-order valence-electron chi connectivity index (χ3n) is 3.53. The molecule has 21 heavy (non-hydrogen) atoms. The normalized spacial score (nSPS) is 18.0. The molecule has 0 unspecified atom stereocenters. The Morgan fingerprint density at radius 1 is 1.57 bits per heavy atom.